The molecule has 0 atom stereocenters. The van der Waals surface area contributed by atoms with Gasteiger partial charge < -0.3 is 10.1 Å². The summed E-state index contributed by atoms with van der Waals surface area (Å²) in [6.07, 6.45) is -4.64. The third kappa shape index (κ3) is 6.17. The maximum atomic E-state index is 12.3. The van der Waals surface area contributed by atoms with E-state index in [4.69, 9.17) is 0 Å². The summed E-state index contributed by atoms with van der Waals surface area (Å²) in [6, 6.07) is 6.29. The van der Waals surface area contributed by atoms with Crippen LogP contribution < -0.4 is 10.1 Å². The molecular formula is C12H17Cl2F3N2O. The average Bonchev–Trinajstić information content (AvgIpc) is 2.31. The second-order valence-electron chi connectivity index (χ2n) is 4.18. The summed E-state index contributed by atoms with van der Waals surface area (Å²) in [5.74, 6) is -0.108. The molecule has 1 fully saturated rings. The van der Waals surface area contributed by atoms with Crippen LogP contribution in [0.4, 0.5) is 13.2 Å². The fourth-order valence-electron chi connectivity index (χ4n) is 1.97. The molecule has 1 aromatic rings. The molecule has 1 aromatic carbocycles. The zero-order chi connectivity index (χ0) is 13.0. The van der Waals surface area contributed by atoms with Crippen molar-refractivity contribution in [1.82, 2.24) is 10.2 Å². The molecule has 0 spiro atoms. The van der Waals surface area contributed by atoms with Gasteiger partial charge in [0, 0.05) is 38.3 Å². The van der Waals surface area contributed by atoms with E-state index in [0.717, 1.165) is 26.2 Å². The molecule has 0 radical (unpaired) electrons. The van der Waals surface area contributed by atoms with Crippen molar-refractivity contribution < 1.29 is 17.9 Å². The number of piperazine rings is 1. The minimum absolute atomic E-state index is 0. The third-order valence-corrected chi connectivity index (χ3v) is 2.80. The summed E-state index contributed by atoms with van der Waals surface area (Å²) < 4.78 is 40.8. The van der Waals surface area contributed by atoms with Crippen LogP contribution in [0, 0.1) is 0 Å². The third-order valence-electron chi connectivity index (χ3n) is 2.80. The second kappa shape index (κ2) is 8.56. The van der Waals surface area contributed by atoms with Crippen LogP contribution in [0.1, 0.15) is 5.56 Å². The Labute approximate surface area is 128 Å². The highest BCUT2D eigenvalue weighted by Crippen LogP contribution is 2.27. The van der Waals surface area contributed by atoms with Crippen molar-refractivity contribution >= 4 is 24.8 Å². The number of halogens is 5. The first-order valence-corrected chi connectivity index (χ1v) is 5.81. The maximum absolute atomic E-state index is 12.3. The normalized spacial score (nSPS) is 15.9. The molecule has 1 aliphatic heterocycles. The van der Waals surface area contributed by atoms with Gasteiger partial charge in [0.25, 0.3) is 0 Å². The number of benzene rings is 1. The number of nitrogens with zero attached hydrogens (tertiary/aromatic N) is 1. The Balaban J connectivity index is 0.00000180. The van der Waals surface area contributed by atoms with E-state index in [1.165, 1.54) is 6.07 Å². The van der Waals surface area contributed by atoms with Gasteiger partial charge in [0.2, 0.25) is 0 Å². The number of nitrogens with one attached hydrogen (secondary N) is 1. The van der Waals surface area contributed by atoms with Crippen LogP contribution in [0.2, 0.25) is 0 Å². The van der Waals surface area contributed by atoms with E-state index in [-0.39, 0.29) is 30.6 Å². The lowest BCUT2D eigenvalue weighted by molar-refractivity contribution is -0.275. The number of para-hydroxylation sites is 1. The molecule has 0 bridgehead atoms. The Morgan fingerprint density at radius 2 is 1.70 bits per heavy atom. The molecule has 1 N–H and O–H groups in total. The molecule has 3 nitrogen and oxygen atoms in total. The van der Waals surface area contributed by atoms with Crippen molar-refractivity contribution in [3.05, 3.63) is 29.8 Å². The van der Waals surface area contributed by atoms with E-state index in [2.05, 4.69) is 15.0 Å². The van der Waals surface area contributed by atoms with Crippen molar-refractivity contribution in [3.63, 3.8) is 0 Å². The fourth-order valence-corrected chi connectivity index (χ4v) is 1.97. The quantitative estimate of drug-likeness (QED) is 0.921. The van der Waals surface area contributed by atoms with Gasteiger partial charge in [-0.2, -0.15) is 0 Å². The van der Waals surface area contributed by atoms with E-state index in [1.807, 2.05) is 0 Å². The minimum Gasteiger partial charge on any atom is -0.405 e. The van der Waals surface area contributed by atoms with Gasteiger partial charge in [0.15, 0.2) is 0 Å². The summed E-state index contributed by atoms with van der Waals surface area (Å²) in [4.78, 5) is 2.11. The Bertz CT molecular complexity index is 399. The monoisotopic (exact) mass is 332 g/mol. The van der Waals surface area contributed by atoms with Crippen LogP contribution in [0.3, 0.4) is 0 Å². The van der Waals surface area contributed by atoms with Crippen LogP contribution in [-0.2, 0) is 6.54 Å². The van der Waals surface area contributed by atoms with E-state index in [1.54, 1.807) is 18.2 Å². The summed E-state index contributed by atoms with van der Waals surface area (Å²) in [5, 5.41) is 3.20. The Morgan fingerprint density at radius 3 is 2.30 bits per heavy atom. The summed E-state index contributed by atoms with van der Waals surface area (Å²) >= 11 is 0. The van der Waals surface area contributed by atoms with Gasteiger partial charge in [-0.25, -0.2) is 0 Å². The predicted octanol–water partition coefficient (Wildman–Crippen LogP) is 2.83. The highest BCUT2D eigenvalue weighted by atomic mass is 35.5. The number of alkyl halides is 3. The van der Waals surface area contributed by atoms with Crippen molar-refractivity contribution in [2.24, 2.45) is 0 Å². The molecular weight excluding hydrogens is 316 g/mol. The number of rotatable bonds is 3. The van der Waals surface area contributed by atoms with Crippen LogP contribution in [0.5, 0.6) is 5.75 Å². The molecule has 1 aliphatic rings. The molecule has 116 valence electrons. The minimum atomic E-state index is -4.64. The number of hydrogen-bond donors (Lipinski definition) is 1. The fraction of sp³-hybridized carbons (Fsp3) is 0.500. The highest BCUT2D eigenvalue weighted by molar-refractivity contribution is 5.85. The average molecular weight is 333 g/mol. The van der Waals surface area contributed by atoms with Gasteiger partial charge >= 0.3 is 6.36 Å². The van der Waals surface area contributed by atoms with Crippen molar-refractivity contribution in [1.29, 1.82) is 0 Å². The standard InChI is InChI=1S/C12H15F3N2O.2ClH/c13-12(14,15)18-11-4-2-1-3-10(11)9-17-7-5-16-6-8-17;;/h1-4,16H,5-9H2;2*1H. The molecule has 0 amide bonds. The molecule has 0 aromatic heterocycles. The zero-order valence-corrected chi connectivity index (χ0v) is 12.3. The van der Waals surface area contributed by atoms with Crippen LogP contribution in [-0.4, -0.2) is 37.4 Å². The molecule has 1 heterocycles. The van der Waals surface area contributed by atoms with Gasteiger partial charge in [-0.15, -0.1) is 38.0 Å². The predicted molar refractivity (Wildman–Crippen MR) is 75.8 cm³/mol. The summed E-state index contributed by atoms with van der Waals surface area (Å²) in [5.41, 5.74) is 0.566. The smallest absolute Gasteiger partial charge is 0.405 e. The lowest BCUT2D eigenvalue weighted by atomic mass is 10.2. The Kier molecular flexibility index (Phi) is 8.27. The highest BCUT2D eigenvalue weighted by Gasteiger charge is 2.32. The van der Waals surface area contributed by atoms with E-state index < -0.39 is 6.36 Å². The van der Waals surface area contributed by atoms with E-state index in [9.17, 15) is 13.2 Å². The van der Waals surface area contributed by atoms with Gasteiger partial charge in [0.1, 0.15) is 5.75 Å². The first-order chi connectivity index (χ1) is 8.54. The SMILES string of the molecule is Cl.Cl.FC(F)(F)Oc1ccccc1CN1CCNCC1. The van der Waals surface area contributed by atoms with E-state index in [0.29, 0.717) is 12.1 Å². The molecule has 0 saturated carbocycles. The molecule has 2 rings (SSSR count). The zero-order valence-electron chi connectivity index (χ0n) is 10.7. The van der Waals surface area contributed by atoms with Crippen LogP contribution in [0.15, 0.2) is 24.3 Å². The van der Waals surface area contributed by atoms with E-state index >= 15 is 0 Å². The van der Waals surface area contributed by atoms with Gasteiger partial charge in [-0.05, 0) is 6.07 Å². The summed E-state index contributed by atoms with van der Waals surface area (Å²) in [7, 11) is 0. The molecule has 1 saturated heterocycles. The second-order valence-corrected chi connectivity index (χ2v) is 4.18. The lowest BCUT2D eigenvalue weighted by Crippen LogP contribution is -2.43. The Hall–Kier alpha value is -0.690. The largest absolute Gasteiger partial charge is 0.573 e. The number of hydrogen-bond acceptors (Lipinski definition) is 3. The molecule has 0 aliphatic carbocycles. The first-order valence-electron chi connectivity index (χ1n) is 5.81. The topological polar surface area (TPSA) is 24.5 Å². The van der Waals surface area contributed by atoms with Crippen molar-refractivity contribution in [2.75, 3.05) is 26.2 Å². The van der Waals surface area contributed by atoms with Crippen molar-refractivity contribution in [3.8, 4) is 5.75 Å². The van der Waals surface area contributed by atoms with Crippen LogP contribution in [0.25, 0.3) is 0 Å². The molecule has 20 heavy (non-hydrogen) atoms. The molecule has 0 unspecified atom stereocenters. The lowest BCUT2D eigenvalue weighted by Gasteiger charge is -2.27. The number of ether oxygens (including phenoxy) is 1. The Morgan fingerprint density at radius 1 is 1.10 bits per heavy atom. The van der Waals surface area contributed by atoms with Gasteiger partial charge in [-0.3, -0.25) is 4.90 Å². The summed E-state index contributed by atoms with van der Waals surface area (Å²) in [6.45, 7) is 3.87. The van der Waals surface area contributed by atoms with Gasteiger partial charge in [0.05, 0.1) is 0 Å². The van der Waals surface area contributed by atoms with Gasteiger partial charge in [-0.1, -0.05) is 18.2 Å². The molecule has 8 heteroatoms. The maximum Gasteiger partial charge on any atom is 0.573 e. The van der Waals surface area contributed by atoms with Crippen LogP contribution >= 0.6 is 24.8 Å². The van der Waals surface area contributed by atoms with Crippen molar-refractivity contribution in [2.45, 2.75) is 12.9 Å². The first kappa shape index (κ1) is 19.3.